The summed E-state index contributed by atoms with van der Waals surface area (Å²) >= 11 is 0. The van der Waals surface area contributed by atoms with Gasteiger partial charge in [-0.05, 0) is 51.4 Å². The lowest BCUT2D eigenvalue weighted by Crippen LogP contribution is -2.40. The van der Waals surface area contributed by atoms with Gasteiger partial charge < -0.3 is 9.30 Å². The molecule has 2 fully saturated rings. The molecule has 3 heterocycles. The number of sulfonamides is 1. The van der Waals surface area contributed by atoms with Crippen molar-refractivity contribution < 1.29 is 13.2 Å². The third kappa shape index (κ3) is 3.70. The van der Waals surface area contributed by atoms with E-state index in [9.17, 15) is 8.42 Å². The van der Waals surface area contributed by atoms with Crippen LogP contribution in [0.25, 0.3) is 11.0 Å². The summed E-state index contributed by atoms with van der Waals surface area (Å²) in [6.07, 6.45) is 3.76. The van der Waals surface area contributed by atoms with E-state index in [1.807, 2.05) is 6.07 Å². The van der Waals surface area contributed by atoms with Crippen LogP contribution in [0.3, 0.4) is 0 Å². The number of hydrogen-bond acceptors (Lipinski definition) is 5. The highest BCUT2D eigenvalue weighted by molar-refractivity contribution is 7.89. The van der Waals surface area contributed by atoms with Crippen LogP contribution in [0.4, 0.5) is 0 Å². The zero-order chi connectivity index (χ0) is 19.7. The minimum absolute atomic E-state index is 0.320. The van der Waals surface area contributed by atoms with Crippen molar-refractivity contribution in [1.29, 1.82) is 0 Å². The van der Waals surface area contributed by atoms with Crippen LogP contribution < -0.4 is 0 Å². The molecule has 7 nitrogen and oxygen atoms in total. The van der Waals surface area contributed by atoms with Crippen LogP contribution >= 0.6 is 0 Å². The van der Waals surface area contributed by atoms with Gasteiger partial charge in [0.05, 0.1) is 35.7 Å². The van der Waals surface area contributed by atoms with Gasteiger partial charge in [0.15, 0.2) is 0 Å². The number of morpholine rings is 1. The number of likely N-dealkylation sites (tertiary alicyclic amines) is 1. The second-order valence-corrected chi connectivity index (χ2v) is 9.69. The molecule has 0 amide bonds. The lowest BCUT2D eigenvalue weighted by molar-refractivity contribution is 0.0730. The number of rotatable bonds is 5. The molecule has 0 aliphatic carbocycles. The summed E-state index contributed by atoms with van der Waals surface area (Å²) in [5.41, 5.74) is 1.76. The first kappa shape index (κ1) is 19.8. The largest absolute Gasteiger partial charge is 0.379 e. The lowest BCUT2D eigenvalue weighted by atomic mass is 10.0. The molecular weight excluding hydrogens is 376 g/mol. The van der Waals surface area contributed by atoms with Gasteiger partial charge in [0.1, 0.15) is 5.82 Å². The Morgan fingerprint density at radius 3 is 2.68 bits per heavy atom. The molecule has 154 valence electrons. The van der Waals surface area contributed by atoms with Gasteiger partial charge in [0.2, 0.25) is 10.0 Å². The number of piperidine rings is 1. The first-order valence-electron chi connectivity index (χ1n) is 10.3. The normalized spacial score (nSPS) is 22.7. The Kier molecular flexibility index (Phi) is 5.73. The van der Waals surface area contributed by atoms with E-state index in [0.717, 1.165) is 36.5 Å². The van der Waals surface area contributed by atoms with E-state index in [1.54, 1.807) is 12.1 Å². The van der Waals surface area contributed by atoms with Crippen LogP contribution in [-0.2, 0) is 27.8 Å². The van der Waals surface area contributed by atoms with E-state index in [2.05, 4.69) is 23.3 Å². The summed E-state index contributed by atoms with van der Waals surface area (Å²) in [4.78, 5) is 7.65. The van der Waals surface area contributed by atoms with Crippen LogP contribution in [-0.4, -0.2) is 66.1 Å². The number of imidazole rings is 1. The summed E-state index contributed by atoms with van der Waals surface area (Å²) in [6, 6.07) is 5.92. The monoisotopic (exact) mass is 406 g/mol. The van der Waals surface area contributed by atoms with Gasteiger partial charge in [-0.2, -0.15) is 4.31 Å². The minimum Gasteiger partial charge on any atom is -0.379 e. The van der Waals surface area contributed by atoms with Crippen LogP contribution in [0, 0.1) is 0 Å². The summed E-state index contributed by atoms with van der Waals surface area (Å²) in [7, 11) is -3.51. The Bertz CT molecular complexity index is 934. The first-order valence-corrected chi connectivity index (χ1v) is 11.8. The Morgan fingerprint density at radius 1 is 1.18 bits per heavy atom. The van der Waals surface area contributed by atoms with Gasteiger partial charge in [0.25, 0.3) is 0 Å². The topological polar surface area (TPSA) is 67.7 Å². The summed E-state index contributed by atoms with van der Waals surface area (Å²) in [5, 5.41) is 0. The number of ether oxygens (including phenoxy) is 1. The zero-order valence-corrected chi connectivity index (χ0v) is 17.6. The minimum atomic E-state index is -3.51. The van der Waals surface area contributed by atoms with E-state index < -0.39 is 10.0 Å². The van der Waals surface area contributed by atoms with Crippen LogP contribution in [0.1, 0.15) is 38.9 Å². The molecule has 0 radical (unpaired) electrons. The van der Waals surface area contributed by atoms with Crippen molar-refractivity contribution in [3.05, 3.63) is 24.0 Å². The Morgan fingerprint density at radius 2 is 1.96 bits per heavy atom. The van der Waals surface area contributed by atoms with E-state index in [0.29, 0.717) is 37.2 Å². The van der Waals surface area contributed by atoms with Crippen molar-refractivity contribution >= 4 is 21.1 Å². The van der Waals surface area contributed by atoms with Crippen LogP contribution in [0.15, 0.2) is 23.1 Å². The molecule has 0 spiro atoms. The lowest BCUT2D eigenvalue weighted by Gasteiger charge is -2.33. The molecular formula is C20H30N4O3S. The molecule has 1 aromatic carbocycles. The van der Waals surface area contributed by atoms with E-state index in [1.165, 1.54) is 23.6 Å². The summed E-state index contributed by atoms with van der Waals surface area (Å²) in [6.45, 7) is 8.84. The highest BCUT2D eigenvalue weighted by atomic mass is 32.2. The second kappa shape index (κ2) is 8.10. The number of benzene rings is 1. The standard InChI is InChI=1S/C20H30N4O3S/c1-3-24-19-8-7-17(28(25,26)23-10-12-27-13-11-23)14-18(19)21-20(24)15-22-9-5-4-6-16(22)2/h7-8,14,16H,3-6,9-13,15H2,1-2H3/t16-/m1/s1. The van der Waals surface area contributed by atoms with Gasteiger partial charge in [-0.15, -0.1) is 0 Å². The maximum atomic E-state index is 13.0. The second-order valence-electron chi connectivity index (χ2n) is 7.75. The van der Waals surface area contributed by atoms with Crippen molar-refractivity contribution in [2.45, 2.75) is 57.1 Å². The molecule has 2 aliphatic rings. The fraction of sp³-hybridized carbons (Fsp3) is 0.650. The Balaban J connectivity index is 1.66. The zero-order valence-electron chi connectivity index (χ0n) is 16.8. The molecule has 1 aromatic heterocycles. The molecule has 2 aromatic rings. The smallest absolute Gasteiger partial charge is 0.243 e. The van der Waals surface area contributed by atoms with Gasteiger partial charge in [-0.1, -0.05) is 6.42 Å². The fourth-order valence-corrected chi connectivity index (χ4v) is 5.73. The summed E-state index contributed by atoms with van der Waals surface area (Å²) < 4.78 is 35.0. The number of aromatic nitrogens is 2. The molecule has 1 atom stereocenters. The predicted octanol–water partition coefficient (Wildman–Crippen LogP) is 2.45. The van der Waals surface area contributed by atoms with Crippen LogP contribution in [0.2, 0.25) is 0 Å². The van der Waals surface area contributed by atoms with Gasteiger partial charge in [-0.3, -0.25) is 4.90 Å². The van der Waals surface area contributed by atoms with E-state index in [4.69, 9.17) is 9.72 Å². The molecule has 2 aliphatic heterocycles. The molecule has 0 saturated carbocycles. The van der Waals surface area contributed by atoms with E-state index in [-0.39, 0.29) is 0 Å². The molecule has 8 heteroatoms. The fourth-order valence-electron chi connectivity index (χ4n) is 4.30. The third-order valence-corrected chi connectivity index (χ3v) is 7.90. The van der Waals surface area contributed by atoms with Crippen molar-refractivity contribution in [2.24, 2.45) is 0 Å². The van der Waals surface area contributed by atoms with Gasteiger partial charge >= 0.3 is 0 Å². The molecule has 0 bridgehead atoms. The van der Waals surface area contributed by atoms with Crippen molar-refractivity contribution in [3.8, 4) is 0 Å². The van der Waals surface area contributed by atoms with Gasteiger partial charge in [-0.25, -0.2) is 13.4 Å². The number of hydrogen-bond donors (Lipinski definition) is 0. The first-order chi connectivity index (χ1) is 13.5. The van der Waals surface area contributed by atoms with Crippen molar-refractivity contribution in [1.82, 2.24) is 18.8 Å². The van der Waals surface area contributed by atoms with Gasteiger partial charge in [0, 0.05) is 25.7 Å². The maximum Gasteiger partial charge on any atom is 0.243 e. The predicted molar refractivity (Wildman–Crippen MR) is 109 cm³/mol. The Hall–Kier alpha value is -1.48. The van der Waals surface area contributed by atoms with Crippen molar-refractivity contribution in [3.63, 3.8) is 0 Å². The highest BCUT2D eigenvalue weighted by Gasteiger charge is 2.27. The maximum absolute atomic E-state index is 13.0. The SMILES string of the molecule is CCn1c(CN2CCCC[C@H]2C)nc2cc(S(=O)(=O)N3CCOCC3)ccc21. The third-order valence-electron chi connectivity index (χ3n) is 6.01. The average molecular weight is 407 g/mol. The van der Waals surface area contributed by atoms with E-state index >= 15 is 0 Å². The average Bonchev–Trinajstić information content (AvgIpc) is 3.06. The van der Waals surface area contributed by atoms with Crippen LogP contribution in [0.5, 0.6) is 0 Å². The summed E-state index contributed by atoms with van der Waals surface area (Å²) in [5.74, 6) is 1.02. The number of nitrogens with zero attached hydrogens (tertiary/aromatic N) is 4. The molecule has 28 heavy (non-hydrogen) atoms. The number of fused-ring (bicyclic) bond motifs is 1. The molecule has 0 N–H and O–H groups in total. The molecule has 0 unspecified atom stereocenters. The molecule has 2 saturated heterocycles. The van der Waals surface area contributed by atoms with Crippen molar-refractivity contribution in [2.75, 3.05) is 32.8 Å². The quantitative estimate of drug-likeness (QED) is 0.763. The Labute approximate surface area is 167 Å². The molecule has 4 rings (SSSR count). The number of aryl methyl sites for hydroxylation is 1. The highest BCUT2D eigenvalue weighted by Crippen LogP contribution is 2.25.